The van der Waals surface area contributed by atoms with Crippen molar-refractivity contribution in [3.63, 3.8) is 0 Å². The molecule has 1 amide bonds. The van der Waals surface area contributed by atoms with Crippen LogP contribution in [0.4, 0.5) is 4.39 Å². The number of hydrogen-bond donors (Lipinski definition) is 1. The quantitative estimate of drug-likeness (QED) is 0.907. The Labute approximate surface area is 110 Å². The molecule has 1 fully saturated rings. The second kappa shape index (κ2) is 5.82. The molecule has 1 saturated heterocycles. The average molecular weight is 265 g/mol. The van der Waals surface area contributed by atoms with E-state index in [9.17, 15) is 14.0 Å². The molecule has 0 spiro atoms. The molecule has 1 heterocycles. The van der Waals surface area contributed by atoms with Crippen molar-refractivity contribution in [2.45, 2.75) is 31.7 Å². The third-order valence-corrected chi connectivity index (χ3v) is 3.41. The largest absolute Gasteiger partial charge is 0.480 e. The van der Waals surface area contributed by atoms with Gasteiger partial charge < -0.3 is 10.0 Å². The summed E-state index contributed by atoms with van der Waals surface area (Å²) in [6, 6.07) is 5.30. The van der Waals surface area contributed by atoms with Crippen LogP contribution in [0, 0.1) is 5.82 Å². The van der Waals surface area contributed by atoms with Gasteiger partial charge in [0.25, 0.3) is 0 Å². The summed E-state index contributed by atoms with van der Waals surface area (Å²) < 4.78 is 13.5. The van der Waals surface area contributed by atoms with E-state index < -0.39 is 17.8 Å². The molecule has 0 saturated carbocycles. The Hall–Kier alpha value is -1.91. The van der Waals surface area contributed by atoms with Gasteiger partial charge in [-0.2, -0.15) is 0 Å². The Bertz CT molecular complexity index is 489. The van der Waals surface area contributed by atoms with Gasteiger partial charge in [-0.3, -0.25) is 4.79 Å². The number of amides is 1. The number of hydrogen-bond acceptors (Lipinski definition) is 2. The van der Waals surface area contributed by atoms with Crippen LogP contribution >= 0.6 is 0 Å². The van der Waals surface area contributed by atoms with E-state index in [1.165, 1.54) is 11.0 Å². The van der Waals surface area contributed by atoms with Crippen LogP contribution in [0.3, 0.4) is 0 Å². The summed E-state index contributed by atoms with van der Waals surface area (Å²) in [5.41, 5.74) is 0.308. The van der Waals surface area contributed by atoms with Gasteiger partial charge in [0.05, 0.1) is 6.42 Å². The van der Waals surface area contributed by atoms with Gasteiger partial charge in [0, 0.05) is 6.54 Å². The normalized spacial score (nSPS) is 19.2. The van der Waals surface area contributed by atoms with E-state index in [4.69, 9.17) is 5.11 Å². The second-order valence-electron chi connectivity index (χ2n) is 4.71. The Morgan fingerprint density at radius 3 is 2.74 bits per heavy atom. The number of aliphatic carboxylic acids is 1. The van der Waals surface area contributed by atoms with Crippen molar-refractivity contribution in [3.05, 3.63) is 35.6 Å². The summed E-state index contributed by atoms with van der Waals surface area (Å²) in [5.74, 6) is -1.74. The maximum absolute atomic E-state index is 13.5. The maximum atomic E-state index is 13.5. The van der Waals surface area contributed by atoms with E-state index in [0.29, 0.717) is 18.5 Å². The number of carboxylic acid groups (broad SMARTS) is 1. The van der Waals surface area contributed by atoms with Crippen LogP contribution in [0.2, 0.25) is 0 Å². The first kappa shape index (κ1) is 13.5. The van der Waals surface area contributed by atoms with Gasteiger partial charge in [0.1, 0.15) is 11.9 Å². The zero-order chi connectivity index (χ0) is 13.8. The highest BCUT2D eigenvalue weighted by Gasteiger charge is 2.31. The minimum Gasteiger partial charge on any atom is -0.480 e. The standard InChI is InChI=1S/C14H16FNO3/c15-11-6-2-1-5-10(11)9-13(17)16-8-4-3-7-12(16)14(18)19/h1-2,5-6,12H,3-4,7-9H2,(H,18,19)/t12-/m0/s1. The van der Waals surface area contributed by atoms with Crippen LogP contribution in [0.5, 0.6) is 0 Å². The molecule has 1 N–H and O–H groups in total. The molecular weight excluding hydrogens is 249 g/mol. The number of nitrogens with zero attached hydrogens (tertiary/aromatic N) is 1. The third-order valence-electron chi connectivity index (χ3n) is 3.41. The first-order valence-electron chi connectivity index (χ1n) is 6.35. The highest BCUT2D eigenvalue weighted by molar-refractivity contribution is 5.85. The minimum atomic E-state index is -0.985. The highest BCUT2D eigenvalue weighted by Crippen LogP contribution is 2.19. The fourth-order valence-corrected chi connectivity index (χ4v) is 2.39. The van der Waals surface area contributed by atoms with E-state index in [2.05, 4.69) is 0 Å². The molecular formula is C14H16FNO3. The lowest BCUT2D eigenvalue weighted by atomic mass is 10.0. The molecule has 1 aliphatic heterocycles. The van der Waals surface area contributed by atoms with Crippen LogP contribution in [0.25, 0.3) is 0 Å². The van der Waals surface area contributed by atoms with Crippen molar-refractivity contribution in [2.75, 3.05) is 6.54 Å². The molecule has 0 aromatic heterocycles. The number of carbonyl (C=O) groups excluding carboxylic acids is 1. The fourth-order valence-electron chi connectivity index (χ4n) is 2.39. The maximum Gasteiger partial charge on any atom is 0.326 e. The van der Waals surface area contributed by atoms with Gasteiger partial charge in [-0.15, -0.1) is 0 Å². The Balaban J connectivity index is 2.10. The van der Waals surface area contributed by atoms with Crippen molar-refractivity contribution in [1.29, 1.82) is 0 Å². The van der Waals surface area contributed by atoms with E-state index >= 15 is 0 Å². The van der Waals surface area contributed by atoms with Gasteiger partial charge in [-0.25, -0.2) is 9.18 Å². The average Bonchev–Trinajstić information content (AvgIpc) is 2.41. The van der Waals surface area contributed by atoms with Crippen molar-refractivity contribution in [3.8, 4) is 0 Å². The van der Waals surface area contributed by atoms with Crippen molar-refractivity contribution in [1.82, 2.24) is 4.90 Å². The van der Waals surface area contributed by atoms with E-state index in [-0.39, 0.29) is 12.3 Å². The molecule has 0 aliphatic carbocycles. The lowest BCUT2D eigenvalue weighted by Gasteiger charge is -2.33. The molecule has 102 valence electrons. The van der Waals surface area contributed by atoms with E-state index in [0.717, 1.165) is 12.8 Å². The number of carbonyl (C=O) groups is 2. The summed E-state index contributed by atoms with van der Waals surface area (Å²) in [6.07, 6.45) is 1.99. The molecule has 1 aromatic rings. The van der Waals surface area contributed by atoms with Crippen molar-refractivity contribution < 1.29 is 19.1 Å². The Kier molecular flexibility index (Phi) is 4.14. The van der Waals surface area contributed by atoms with Crippen molar-refractivity contribution in [2.24, 2.45) is 0 Å². The molecule has 1 atom stereocenters. The number of benzene rings is 1. The number of piperidine rings is 1. The molecule has 4 nitrogen and oxygen atoms in total. The van der Waals surface area contributed by atoms with Crippen LogP contribution in [-0.2, 0) is 16.0 Å². The molecule has 0 radical (unpaired) electrons. The van der Waals surface area contributed by atoms with Gasteiger partial charge in [-0.05, 0) is 30.9 Å². The fraction of sp³-hybridized carbons (Fsp3) is 0.429. The number of carboxylic acids is 1. The van der Waals surface area contributed by atoms with Crippen molar-refractivity contribution >= 4 is 11.9 Å². The predicted octanol–water partition coefficient (Wildman–Crippen LogP) is 1.83. The van der Waals surface area contributed by atoms with Gasteiger partial charge in [0.2, 0.25) is 5.91 Å². The zero-order valence-electron chi connectivity index (χ0n) is 10.5. The first-order valence-corrected chi connectivity index (χ1v) is 6.35. The number of halogens is 1. The predicted molar refractivity (Wildman–Crippen MR) is 67.1 cm³/mol. The molecule has 2 rings (SSSR count). The molecule has 0 unspecified atom stereocenters. The molecule has 1 aromatic carbocycles. The second-order valence-corrected chi connectivity index (χ2v) is 4.71. The SMILES string of the molecule is O=C(O)[C@@H]1CCCCN1C(=O)Cc1ccccc1F. The van der Waals surface area contributed by atoms with Gasteiger partial charge in [0.15, 0.2) is 0 Å². The number of likely N-dealkylation sites (tertiary alicyclic amines) is 1. The van der Waals surface area contributed by atoms with Crippen LogP contribution in [0.1, 0.15) is 24.8 Å². The monoisotopic (exact) mass is 265 g/mol. The van der Waals surface area contributed by atoms with Gasteiger partial charge in [-0.1, -0.05) is 18.2 Å². The summed E-state index contributed by atoms with van der Waals surface area (Å²) in [6.45, 7) is 0.435. The van der Waals surface area contributed by atoms with E-state index in [1.54, 1.807) is 18.2 Å². The lowest BCUT2D eigenvalue weighted by Crippen LogP contribution is -2.48. The zero-order valence-corrected chi connectivity index (χ0v) is 10.5. The van der Waals surface area contributed by atoms with Crippen LogP contribution in [0.15, 0.2) is 24.3 Å². The molecule has 1 aliphatic rings. The Morgan fingerprint density at radius 1 is 1.32 bits per heavy atom. The van der Waals surface area contributed by atoms with Gasteiger partial charge >= 0.3 is 5.97 Å². The minimum absolute atomic E-state index is 0.0869. The number of rotatable bonds is 3. The summed E-state index contributed by atoms with van der Waals surface area (Å²) in [7, 11) is 0. The summed E-state index contributed by atoms with van der Waals surface area (Å²) in [4.78, 5) is 24.6. The highest BCUT2D eigenvalue weighted by atomic mass is 19.1. The Morgan fingerprint density at radius 2 is 2.05 bits per heavy atom. The summed E-state index contributed by atoms with van der Waals surface area (Å²) >= 11 is 0. The van der Waals surface area contributed by atoms with E-state index in [1.807, 2.05) is 0 Å². The lowest BCUT2D eigenvalue weighted by molar-refractivity contribution is -0.151. The third kappa shape index (κ3) is 3.10. The topological polar surface area (TPSA) is 57.6 Å². The first-order chi connectivity index (χ1) is 9.09. The molecule has 0 bridgehead atoms. The molecule has 19 heavy (non-hydrogen) atoms. The van der Waals surface area contributed by atoms with Crippen LogP contribution < -0.4 is 0 Å². The van der Waals surface area contributed by atoms with Crippen LogP contribution in [-0.4, -0.2) is 34.5 Å². The smallest absolute Gasteiger partial charge is 0.326 e. The molecule has 5 heteroatoms. The summed E-state index contributed by atoms with van der Waals surface area (Å²) in [5, 5.41) is 9.11.